The highest BCUT2D eigenvalue weighted by Gasteiger charge is 2.14. The van der Waals surface area contributed by atoms with E-state index in [1.807, 2.05) is 12.4 Å². The van der Waals surface area contributed by atoms with Crippen LogP contribution in [0.1, 0.15) is 124 Å². The zero-order valence-electron chi connectivity index (χ0n) is 27.0. The van der Waals surface area contributed by atoms with E-state index in [-0.39, 0.29) is 0 Å². The number of benzene rings is 2. The summed E-state index contributed by atoms with van der Waals surface area (Å²) in [4.78, 5) is 19.3. The van der Waals surface area contributed by atoms with Crippen LogP contribution in [0.15, 0.2) is 70.6 Å². The smallest absolute Gasteiger partial charge is 0.0699 e. The van der Waals surface area contributed by atoms with Crippen LogP contribution >= 0.6 is 0 Å². The fourth-order valence-electron chi connectivity index (χ4n) is 5.48. The number of hydrogen-bond donors (Lipinski definition) is 2. The van der Waals surface area contributed by atoms with Gasteiger partial charge in [0, 0.05) is 24.5 Å². The van der Waals surface area contributed by atoms with Crippen molar-refractivity contribution in [1.29, 1.82) is 0 Å². The van der Waals surface area contributed by atoms with Gasteiger partial charge in [-0.1, -0.05) is 91.8 Å². The van der Waals surface area contributed by atoms with Crippen molar-refractivity contribution in [3.05, 3.63) is 106 Å². The van der Waals surface area contributed by atoms with Crippen molar-refractivity contribution in [1.82, 2.24) is 14.9 Å². The van der Waals surface area contributed by atoms with Crippen LogP contribution in [0, 0.1) is 0 Å². The lowest BCUT2D eigenvalue weighted by Crippen LogP contribution is -2.17. The summed E-state index contributed by atoms with van der Waals surface area (Å²) in [6.45, 7) is 19.5. The van der Waals surface area contributed by atoms with Crippen molar-refractivity contribution in [2.24, 2.45) is 9.98 Å². The van der Waals surface area contributed by atoms with Gasteiger partial charge in [0.05, 0.1) is 35.2 Å². The molecule has 5 nitrogen and oxygen atoms in total. The molecule has 0 atom stereocenters. The Labute approximate surface area is 253 Å². The Morgan fingerprint density at radius 2 is 0.881 bits per heavy atom. The maximum atomic E-state index is 4.96. The van der Waals surface area contributed by atoms with Crippen LogP contribution in [0.2, 0.25) is 0 Å². The minimum absolute atomic E-state index is 0.428. The molecule has 2 N–H and O–H groups in total. The number of hydrogen-bond acceptors (Lipinski definition) is 3. The van der Waals surface area contributed by atoms with Gasteiger partial charge in [-0.15, -0.1) is 0 Å². The monoisotopic (exact) mass is 563 g/mol. The maximum Gasteiger partial charge on any atom is 0.0699 e. The van der Waals surface area contributed by atoms with E-state index in [0.29, 0.717) is 23.7 Å². The van der Waals surface area contributed by atoms with Crippen molar-refractivity contribution in [2.45, 2.75) is 92.2 Å². The summed E-state index contributed by atoms with van der Waals surface area (Å²) in [6.07, 6.45) is 3.94. The first-order valence-electron chi connectivity index (χ1n) is 15.4. The highest BCUT2D eigenvalue weighted by Crippen LogP contribution is 2.35. The molecule has 2 aromatic carbocycles. The molecule has 0 amide bonds. The molecule has 0 unspecified atom stereocenters. The van der Waals surface area contributed by atoms with Gasteiger partial charge in [-0.25, -0.2) is 0 Å². The van der Waals surface area contributed by atoms with E-state index in [9.17, 15) is 0 Å². The van der Waals surface area contributed by atoms with Crippen molar-refractivity contribution in [2.75, 3.05) is 7.05 Å². The molecule has 4 rings (SSSR count). The minimum Gasteiger partial charge on any atom is -0.357 e. The molecule has 2 aromatic heterocycles. The quantitative estimate of drug-likeness (QED) is 0.166. The molecule has 222 valence electrons. The SMILES string of the molecule is CC(C)c1cccc(C(C)C)c1N=Cc1ccc(CN(C)Cc2ccc(C=Nc3c(C(C)C)cccc3C(C)C)[nH]2)[nH]1. The van der Waals surface area contributed by atoms with Gasteiger partial charge in [-0.3, -0.25) is 14.9 Å². The van der Waals surface area contributed by atoms with Crippen molar-refractivity contribution in [3.63, 3.8) is 0 Å². The second-order valence-corrected chi connectivity index (χ2v) is 12.8. The first kappa shape index (κ1) is 31.2. The number of nitrogens with zero attached hydrogens (tertiary/aromatic N) is 3. The lowest BCUT2D eigenvalue weighted by molar-refractivity contribution is 0.312. The van der Waals surface area contributed by atoms with Crippen molar-refractivity contribution in [3.8, 4) is 0 Å². The lowest BCUT2D eigenvalue weighted by Gasteiger charge is -2.16. The summed E-state index contributed by atoms with van der Waals surface area (Å²) >= 11 is 0. The fourth-order valence-corrected chi connectivity index (χ4v) is 5.48. The number of aromatic nitrogens is 2. The largest absolute Gasteiger partial charge is 0.357 e. The van der Waals surface area contributed by atoms with Crippen molar-refractivity contribution >= 4 is 23.8 Å². The van der Waals surface area contributed by atoms with Gasteiger partial charge in [0.15, 0.2) is 0 Å². The van der Waals surface area contributed by atoms with Gasteiger partial charge in [0.25, 0.3) is 0 Å². The number of aliphatic imine (C=N–C) groups is 2. The normalized spacial score (nSPS) is 12.5. The van der Waals surface area contributed by atoms with Crippen LogP contribution in [-0.4, -0.2) is 34.3 Å². The molecular weight excluding hydrogens is 514 g/mol. The number of para-hydroxylation sites is 2. The van der Waals surface area contributed by atoms with Gasteiger partial charge in [0.2, 0.25) is 0 Å². The number of nitrogens with one attached hydrogen (secondary N) is 2. The van der Waals surface area contributed by atoms with Gasteiger partial charge < -0.3 is 9.97 Å². The van der Waals surface area contributed by atoms with Gasteiger partial charge in [0.1, 0.15) is 0 Å². The Balaban J connectivity index is 1.41. The summed E-state index contributed by atoms with van der Waals surface area (Å²) in [5.41, 5.74) is 11.8. The van der Waals surface area contributed by atoms with E-state index >= 15 is 0 Å². The Bertz CT molecular complexity index is 1350. The van der Waals surface area contributed by atoms with E-state index in [2.05, 4.69) is 138 Å². The average Bonchev–Trinajstić information content (AvgIpc) is 3.58. The minimum atomic E-state index is 0.428. The highest BCUT2D eigenvalue weighted by molar-refractivity contribution is 5.82. The Kier molecular flexibility index (Phi) is 10.4. The molecule has 0 saturated carbocycles. The van der Waals surface area contributed by atoms with Crippen LogP contribution in [0.4, 0.5) is 11.4 Å². The van der Waals surface area contributed by atoms with E-state index < -0.39 is 0 Å². The van der Waals surface area contributed by atoms with Crippen LogP contribution in [0.25, 0.3) is 0 Å². The molecule has 42 heavy (non-hydrogen) atoms. The van der Waals surface area contributed by atoms with Crippen molar-refractivity contribution < 1.29 is 0 Å². The first-order valence-corrected chi connectivity index (χ1v) is 15.4. The number of aromatic amines is 2. The van der Waals surface area contributed by atoms with Crippen LogP contribution in [0.5, 0.6) is 0 Å². The van der Waals surface area contributed by atoms with E-state index in [1.54, 1.807) is 0 Å². The predicted octanol–water partition coefficient (Wildman–Crippen LogP) is 9.97. The van der Waals surface area contributed by atoms with Crippen LogP contribution < -0.4 is 0 Å². The van der Waals surface area contributed by atoms with Crippen LogP contribution in [0.3, 0.4) is 0 Å². The molecule has 0 aliphatic heterocycles. The standard InChI is InChI=1S/C37H49N5/c1-24(2)32-12-10-13-33(25(3)4)36(32)38-20-28-16-18-30(40-28)22-42(9)23-31-19-17-29(41-31)21-39-37-34(26(5)6)14-11-15-35(37)27(7)8/h10-21,24-27,40-41H,22-23H2,1-9H3. The highest BCUT2D eigenvalue weighted by atomic mass is 15.1. The van der Waals surface area contributed by atoms with Gasteiger partial charge in [-0.2, -0.15) is 0 Å². The molecule has 0 aliphatic rings. The maximum absolute atomic E-state index is 4.96. The third kappa shape index (κ3) is 7.77. The lowest BCUT2D eigenvalue weighted by atomic mass is 9.93. The Morgan fingerprint density at radius 3 is 1.19 bits per heavy atom. The molecular formula is C37H49N5. The first-order chi connectivity index (χ1) is 20.0. The average molecular weight is 564 g/mol. The zero-order valence-corrected chi connectivity index (χ0v) is 27.0. The summed E-state index contributed by atoms with van der Waals surface area (Å²) in [6, 6.07) is 21.6. The number of H-pyrrole nitrogens is 2. The topological polar surface area (TPSA) is 59.5 Å². The molecule has 0 spiro atoms. The molecule has 0 aliphatic carbocycles. The summed E-state index contributed by atoms with van der Waals surface area (Å²) in [7, 11) is 2.14. The Hall–Kier alpha value is -3.70. The van der Waals surface area contributed by atoms with Gasteiger partial charge in [-0.05, 0) is 77.2 Å². The molecule has 4 aromatic rings. The third-order valence-electron chi connectivity index (χ3n) is 7.77. The summed E-state index contributed by atoms with van der Waals surface area (Å²) in [5, 5.41) is 0. The molecule has 0 bridgehead atoms. The molecule has 0 fully saturated rings. The zero-order chi connectivity index (χ0) is 30.4. The Morgan fingerprint density at radius 1 is 0.548 bits per heavy atom. The van der Waals surface area contributed by atoms with E-state index in [1.165, 1.54) is 33.6 Å². The van der Waals surface area contributed by atoms with Gasteiger partial charge >= 0.3 is 0 Å². The van der Waals surface area contributed by atoms with E-state index in [4.69, 9.17) is 9.98 Å². The molecule has 5 heteroatoms. The molecule has 0 saturated heterocycles. The second kappa shape index (κ2) is 14.0. The molecule has 2 heterocycles. The van der Waals surface area contributed by atoms with E-state index in [0.717, 1.165) is 35.9 Å². The third-order valence-corrected chi connectivity index (χ3v) is 7.77. The molecule has 0 radical (unpaired) electrons. The van der Waals surface area contributed by atoms with Crippen LogP contribution in [-0.2, 0) is 13.1 Å². The fraction of sp³-hybridized carbons (Fsp3) is 0.405. The number of rotatable bonds is 12. The second-order valence-electron chi connectivity index (χ2n) is 12.8. The summed E-state index contributed by atoms with van der Waals surface area (Å²) < 4.78 is 0. The summed E-state index contributed by atoms with van der Waals surface area (Å²) in [5.74, 6) is 1.71. The predicted molar refractivity (Wildman–Crippen MR) is 181 cm³/mol.